The number of carbonyl (C=O) groups is 1. The third kappa shape index (κ3) is 3.02. The van der Waals surface area contributed by atoms with Gasteiger partial charge in [-0.05, 0) is 19.9 Å². The van der Waals surface area contributed by atoms with Gasteiger partial charge in [-0.25, -0.2) is 9.78 Å². The minimum absolute atomic E-state index is 0.224. The maximum absolute atomic E-state index is 11.7. The van der Waals surface area contributed by atoms with Crippen LogP contribution in [0, 0.1) is 6.92 Å². The third-order valence-corrected chi connectivity index (χ3v) is 2.46. The van der Waals surface area contributed by atoms with Gasteiger partial charge in [-0.2, -0.15) is 4.98 Å². The van der Waals surface area contributed by atoms with E-state index < -0.39 is 5.97 Å². The van der Waals surface area contributed by atoms with Crippen molar-refractivity contribution in [2.45, 2.75) is 20.4 Å². The fourth-order valence-electron chi connectivity index (χ4n) is 1.57. The maximum atomic E-state index is 11.7. The normalized spacial score (nSPS) is 10.3. The Morgan fingerprint density at radius 1 is 1.55 bits per heavy atom. The van der Waals surface area contributed by atoms with Gasteiger partial charge in [0, 0.05) is 6.20 Å². The monoisotopic (exact) mass is 277 g/mol. The summed E-state index contributed by atoms with van der Waals surface area (Å²) in [6, 6.07) is 1.51. The number of ether oxygens (including phenoxy) is 1. The molecule has 2 aromatic rings. The molecule has 0 radical (unpaired) electrons. The van der Waals surface area contributed by atoms with Crippen LogP contribution in [-0.4, -0.2) is 27.7 Å². The van der Waals surface area contributed by atoms with Crippen LogP contribution >= 0.6 is 0 Å². The van der Waals surface area contributed by atoms with Gasteiger partial charge in [0.05, 0.1) is 24.4 Å². The van der Waals surface area contributed by atoms with Crippen molar-refractivity contribution >= 4 is 17.5 Å². The van der Waals surface area contributed by atoms with Gasteiger partial charge in [-0.3, -0.25) is 0 Å². The highest BCUT2D eigenvalue weighted by Gasteiger charge is 2.14. The van der Waals surface area contributed by atoms with Crippen molar-refractivity contribution in [3.05, 3.63) is 29.5 Å². The fourth-order valence-corrected chi connectivity index (χ4v) is 1.57. The van der Waals surface area contributed by atoms with Gasteiger partial charge in [0.1, 0.15) is 5.82 Å². The highest BCUT2D eigenvalue weighted by atomic mass is 16.5. The zero-order valence-electron chi connectivity index (χ0n) is 11.2. The topological polar surface area (TPSA) is 116 Å². The zero-order chi connectivity index (χ0) is 14.5. The average molecular weight is 277 g/mol. The number of rotatable bonds is 5. The molecule has 8 heteroatoms. The summed E-state index contributed by atoms with van der Waals surface area (Å²) in [6.45, 7) is 4.00. The van der Waals surface area contributed by atoms with E-state index in [2.05, 4.69) is 20.4 Å². The lowest BCUT2D eigenvalue weighted by molar-refractivity contribution is 0.0527. The van der Waals surface area contributed by atoms with Crippen molar-refractivity contribution in [3.63, 3.8) is 0 Å². The Balaban J connectivity index is 2.12. The Morgan fingerprint density at radius 2 is 2.35 bits per heavy atom. The second-order valence-corrected chi connectivity index (χ2v) is 3.93. The Bertz CT molecular complexity index is 611. The van der Waals surface area contributed by atoms with Crippen LogP contribution in [0.1, 0.15) is 29.0 Å². The summed E-state index contributed by atoms with van der Waals surface area (Å²) in [5, 5.41) is 6.61. The maximum Gasteiger partial charge on any atom is 0.340 e. The highest BCUT2D eigenvalue weighted by molar-refractivity contribution is 5.97. The number of nitrogens with one attached hydrogen (secondary N) is 1. The number of nitrogen functional groups attached to an aromatic ring is 1. The molecule has 2 heterocycles. The quantitative estimate of drug-likeness (QED) is 0.781. The van der Waals surface area contributed by atoms with E-state index in [0.717, 1.165) is 0 Å². The van der Waals surface area contributed by atoms with E-state index in [0.29, 0.717) is 17.5 Å². The SMILES string of the molecule is CCOC(=O)c1ccnc(NCc2nc(C)no2)c1N. The molecule has 0 saturated carbocycles. The lowest BCUT2D eigenvalue weighted by Crippen LogP contribution is -2.12. The summed E-state index contributed by atoms with van der Waals surface area (Å²) in [4.78, 5) is 19.8. The third-order valence-electron chi connectivity index (χ3n) is 2.46. The first kappa shape index (κ1) is 13.8. The molecule has 8 nitrogen and oxygen atoms in total. The second-order valence-electron chi connectivity index (χ2n) is 3.93. The first-order chi connectivity index (χ1) is 9.61. The van der Waals surface area contributed by atoms with Gasteiger partial charge in [-0.1, -0.05) is 5.16 Å². The van der Waals surface area contributed by atoms with Crippen molar-refractivity contribution in [3.8, 4) is 0 Å². The van der Waals surface area contributed by atoms with Gasteiger partial charge < -0.3 is 20.3 Å². The number of nitrogens with two attached hydrogens (primary N) is 1. The van der Waals surface area contributed by atoms with Crippen molar-refractivity contribution in [2.24, 2.45) is 0 Å². The first-order valence-corrected chi connectivity index (χ1v) is 6.06. The van der Waals surface area contributed by atoms with E-state index in [-0.39, 0.29) is 24.4 Å². The number of aryl methyl sites for hydroxylation is 1. The summed E-state index contributed by atoms with van der Waals surface area (Å²) >= 11 is 0. The molecule has 2 aromatic heterocycles. The smallest absolute Gasteiger partial charge is 0.340 e. The molecule has 20 heavy (non-hydrogen) atoms. The molecule has 106 valence electrons. The van der Waals surface area contributed by atoms with Crippen LogP contribution in [0.3, 0.4) is 0 Å². The minimum Gasteiger partial charge on any atom is -0.462 e. The van der Waals surface area contributed by atoms with Crippen molar-refractivity contribution < 1.29 is 14.1 Å². The molecular weight excluding hydrogens is 262 g/mol. The molecule has 0 amide bonds. The van der Waals surface area contributed by atoms with Crippen molar-refractivity contribution in [1.29, 1.82) is 0 Å². The number of hydrogen-bond donors (Lipinski definition) is 2. The molecule has 2 rings (SSSR count). The molecule has 0 aromatic carbocycles. The van der Waals surface area contributed by atoms with Crippen LogP contribution < -0.4 is 11.1 Å². The number of pyridine rings is 1. The van der Waals surface area contributed by atoms with Gasteiger partial charge in [0.25, 0.3) is 0 Å². The highest BCUT2D eigenvalue weighted by Crippen LogP contribution is 2.21. The Hall–Kier alpha value is -2.64. The van der Waals surface area contributed by atoms with E-state index >= 15 is 0 Å². The molecule has 0 aliphatic carbocycles. The zero-order valence-corrected chi connectivity index (χ0v) is 11.2. The lowest BCUT2D eigenvalue weighted by Gasteiger charge is -2.09. The molecule has 0 bridgehead atoms. The molecule has 0 saturated heterocycles. The number of esters is 1. The number of anilines is 2. The molecule has 0 fully saturated rings. The molecule has 0 spiro atoms. The van der Waals surface area contributed by atoms with Gasteiger partial charge in [0.15, 0.2) is 5.82 Å². The molecule has 0 aliphatic heterocycles. The average Bonchev–Trinajstić information content (AvgIpc) is 2.83. The van der Waals surface area contributed by atoms with E-state index in [4.69, 9.17) is 15.0 Å². The summed E-state index contributed by atoms with van der Waals surface area (Å²) in [5.74, 6) is 0.837. The first-order valence-electron chi connectivity index (χ1n) is 6.06. The standard InChI is InChI=1S/C12H15N5O3/c1-3-19-12(18)8-4-5-14-11(10(8)13)15-6-9-16-7(2)17-20-9/h4-5H,3,6,13H2,1-2H3,(H,14,15). The van der Waals surface area contributed by atoms with Crippen LogP contribution in [0.15, 0.2) is 16.8 Å². The number of nitrogens with zero attached hydrogens (tertiary/aromatic N) is 3. The van der Waals surface area contributed by atoms with Crippen LogP contribution in [0.2, 0.25) is 0 Å². The summed E-state index contributed by atoms with van der Waals surface area (Å²) < 4.78 is 9.87. The molecule has 0 unspecified atom stereocenters. The van der Waals surface area contributed by atoms with Crippen LogP contribution in [0.5, 0.6) is 0 Å². The Labute approximate surface area is 115 Å². The van der Waals surface area contributed by atoms with E-state index in [1.807, 2.05) is 0 Å². The van der Waals surface area contributed by atoms with Gasteiger partial charge >= 0.3 is 5.97 Å². The second kappa shape index (κ2) is 6.00. The molecule has 0 aliphatic rings. The predicted molar refractivity (Wildman–Crippen MR) is 71.0 cm³/mol. The molecule has 3 N–H and O–H groups in total. The Kier molecular flexibility index (Phi) is 4.14. The number of hydrogen-bond acceptors (Lipinski definition) is 8. The lowest BCUT2D eigenvalue weighted by atomic mass is 10.2. The summed E-state index contributed by atoms with van der Waals surface area (Å²) in [6.07, 6.45) is 1.48. The minimum atomic E-state index is -0.482. The van der Waals surface area contributed by atoms with Crippen molar-refractivity contribution in [1.82, 2.24) is 15.1 Å². The molecular formula is C12H15N5O3. The Morgan fingerprint density at radius 3 is 3.00 bits per heavy atom. The van der Waals surface area contributed by atoms with E-state index in [1.54, 1.807) is 13.8 Å². The van der Waals surface area contributed by atoms with Crippen LogP contribution in [0.25, 0.3) is 0 Å². The molecule has 0 atom stereocenters. The number of aromatic nitrogens is 3. The predicted octanol–water partition coefficient (Wildman–Crippen LogP) is 1.14. The fraction of sp³-hybridized carbons (Fsp3) is 0.333. The van der Waals surface area contributed by atoms with E-state index in [9.17, 15) is 4.79 Å². The number of carbonyl (C=O) groups excluding carboxylic acids is 1. The van der Waals surface area contributed by atoms with Crippen molar-refractivity contribution in [2.75, 3.05) is 17.7 Å². The van der Waals surface area contributed by atoms with Crippen LogP contribution in [-0.2, 0) is 11.3 Å². The van der Waals surface area contributed by atoms with E-state index in [1.165, 1.54) is 12.3 Å². The van der Waals surface area contributed by atoms with Gasteiger partial charge in [0.2, 0.25) is 5.89 Å². The largest absolute Gasteiger partial charge is 0.462 e. The van der Waals surface area contributed by atoms with Gasteiger partial charge in [-0.15, -0.1) is 0 Å². The van der Waals surface area contributed by atoms with Crippen LogP contribution in [0.4, 0.5) is 11.5 Å². The summed E-state index contributed by atoms with van der Waals surface area (Å²) in [7, 11) is 0. The summed E-state index contributed by atoms with van der Waals surface area (Å²) in [5.41, 5.74) is 6.39.